The molecule has 376 valence electrons. The molecule has 0 spiro atoms. The van der Waals surface area contributed by atoms with Gasteiger partial charge in [-0.2, -0.15) is 4.98 Å². The van der Waals surface area contributed by atoms with Crippen molar-refractivity contribution < 1.29 is 18.7 Å². The maximum atomic E-state index is 5.79. The van der Waals surface area contributed by atoms with Crippen LogP contribution in [0.4, 0.5) is 17.5 Å². The van der Waals surface area contributed by atoms with Crippen LogP contribution in [-0.2, 0) is 9.47 Å². The Labute approximate surface area is 437 Å². The van der Waals surface area contributed by atoms with Gasteiger partial charge in [-0.15, -0.1) is 22.7 Å². The summed E-state index contributed by atoms with van der Waals surface area (Å²) in [6.07, 6.45) is 5.75. The molecule has 4 aromatic carbocycles. The first-order valence-electron chi connectivity index (χ1n) is 25.0. The Morgan fingerprint density at radius 3 is 1.81 bits per heavy atom. The quantitative estimate of drug-likeness (QED) is 0.0935. The van der Waals surface area contributed by atoms with Crippen molar-refractivity contribution in [2.45, 2.75) is 83.5 Å². The fraction of sp³-hybridized carbons (Fsp3) is 0.298. The predicted octanol–water partition coefficient (Wildman–Crippen LogP) is 13.0. The summed E-state index contributed by atoms with van der Waals surface area (Å²) in [5.41, 5.74) is 8.07. The highest BCUT2D eigenvalue weighted by molar-refractivity contribution is 7.17. The van der Waals surface area contributed by atoms with Crippen molar-refractivity contribution in [3.63, 3.8) is 0 Å². The van der Waals surface area contributed by atoms with Crippen LogP contribution >= 0.6 is 22.7 Å². The molecule has 0 bridgehead atoms. The lowest BCUT2D eigenvalue weighted by atomic mass is 9.94. The number of aryl methyl sites for hydroxylation is 2. The Bertz CT molecular complexity index is 3490. The zero-order chi connectivity index (χ0) is 50.5. The van der Waals surface area contributed by atoms with Gasteiger partial charge in [0.05, 0.1) is 42.7 Å². The van der Waals surface area contributed by atoms with E-state index in [2.05, 4.69) is 156 Å². The van der Waals surface area contributed by atoms with Crippen LogP contribution in [0, 0.1) is 13.8 Å². The van der Waals surface area contributed by atoms with Crippen molar-refractivity contribution >= 4 is 71.5 Å². The molecule has 2 aliphatic heterocycles. The van der Waals surface area contributed by atoms with Crippen molar-refractivity contribution in [2.75, 3.05) is 42.4 Å². The van der Waals surface area contributed by atoms with Gasteiger partial charge in [0.1, 0.15) is 57.4 Å². The van der Waals surface area contributed by atoms with E-state index in [1.165, 1.54) is 22.3 Å². The Morgan fingerprint density at radius 2 is 1.20 bits per heavy atom. The Balaban J connectivity index is 0.000000121. The van der Waals surface area contributed by atoms with Gasteiger partial charge >= 0.3 is 0 Å². The number of fused-ring (bicyclic) bond motifs is 3. The molecular weight excluding hydrogens is 967 g/mol. The number of nitrogens with zero attached hydrogens (tertiary/aromatic N) is 8. The maximum absolute atomic E-state index is 5.79. The lowest BCUT2D eigenvalue weighted by molar-refractivity contribution is -0.0796. The van der Waals surface area contributed by atoms with Gasteiger partial charge in [-0.1, -0.05) is 59.8 Å². The number of ether oxygens (including phenoxy) is 3. The van der Waals surface area contributed by atoms with E-state index in [1.807, 2.05) is 48.0 Å². The SMILES string of the molecule is CC(Nc1ncnc2sccc12)c1ccc(OC2COC2)cc1.CC(Nc1ncnc2sccc12)c1cccc(C2COC2)c1.Cc1ccc2c(NC(C)c3ccc(-c4nc(C5CC5)no4)cc3)nc(C)nc2c1. The second kappa shape index (κ2) is 22.0. The van der Waals surface area contributed by atoms with E-state index in [4.69, 9.17) is 18.7 Å². The number of thiophene rings is 2. The van der Waals surface area contributed by atoms with Crippen LogP contribution in [0.15, 0.2) is 131 Å². The van der Waals surface area contributed by atoms with Gasteiger partial charge in [-0.25, -0.2) is 29.9 Å². The molecular formula is C57H57N11O4S2. The molecule has 3 N–H and O–H groups in total. The standard InChI is InChI=1S/C23H23N5O.C17H17N3O2S.C17H17N3OS/c1-13-4-11-19-20(12-13)25-15(3)26-22(19)24-14(2)16-5-9-18(10-6-16)23-27-21(28-29-23)17-7-8-17;1-11(20-16-15-6-7-23-17(15)19-10-18-16)12-2-4-13(5-3-12)22-14-8-21-9-14;1-11(12-3-2-4-13(7-12)14-8-21-9-14)20-16-15-5-6-22-17(15)19-10-18-16/h4-6,9-12,14,17H,7-8H2,1-3H3,(H,24,25,26);2-7,10-11,14H,8-9H2,1H3,(H,18,19,20);2-7,10-11,14H,8-9H2,1H3,(H,18,19,20). The number of nitrogens with one attached hydrogen (secondary N) is 3. The van der Waals surface area contributed by atoms with E-state index < -0.39 is 0 Å². The van der Waals surface area contributed by atoms with Gasteiger partial charge in [-0.05, 0) is 135 Å². The summed E-state index contributed by atoms with van der Waals surface area (Å²) in [5.74, 6) is 6.74. The molecule has 8 heterocycles. The Morgan fingerprint density at radius 1 is 0.581 bits per heavy atom. The van der Waals surface area contributed by atoms with Gasteiger partial charge in [-0.3, -0.25) is 0 Å². The molecule has 1 saturated carbocycles. The zero-order valence-electron chi connectivity index (χ0n) is 41.9. The fourth-order valence-electron chi connectivity index (χ4n) is 8.74. The van der Waals surface area contributed by atoms with E-state index >= 15 is 0 Å². The van der Waals surface area contributed by atoms with E-state index in [0.717, 1.165) is 103 Å². The summed E-state index contributed by atoms with van der Waals surface area (Å²) in [6.45, 7) is 13.5. The maximum Gasteiger partial charge on any atom is 0.257 e. The largest absolute Gasteiger partial charge is 0.486 e. The van der Waals surface area contributed by atoms with Gasteiger partial charge in [0.25, 0.3) is 5.89 Å². The van der Waals surface area contributed by atoms with Gasteiger partial charge in [0.2, 0.25) is 0 Å². The molecule has 0 radical (unpaired) electrons. The van der Waals surface area contributed by atoms with Gasteiger partial charge < -0.3 is 34.7 Å². The Kier molecular flexibility index (Phi) is 14.5. The van der Waals surface area contributed by atoms with Crippen LogP contribution in [0.5, 0.6) is 5.75 Å². The van der Waals surface area contributed by atoms with Crippen LogP contribution in [0.1, 0.15) is 103 Å². The second-order valence-corrected chi connectivity index (χ2v) is 20.9. The highest BCUT2D eigenvalue weighted by atomic mass is 32.1. The summed E-state index contributed by atoms with van der Waals surface area (Å²) in [4.78, 5) is 33.1. The summed E-state index contributed by atoms with van der Waals surface area (Å²) < 4.78 is 21.6. The molecule has 3 aliphatic rings. The van der Waals surface area contributed by atoms with E-state index in [-0.39, 0.29) is 24.2 Å². The molecule has 15 nitrogen and oxygen atoms in total. The minimum Gasteiger partial charge on any atom is -0.486 e. The molecule has 1 aliphatic carbocycles. The third-order valence-corrected chi connectivity index (χ3v) is 15.0. The highest BCUT2D eigenvalue weighted by Gasteiger charge is 2.29. The van der Waals surface area contributed by atoms with E-state index in [9.17, 15) is 0 Å². The number of benzene rings is 4. The summed E-state index contributed by atoms with van der Waals surface area (Å²) >= 11 is 3.26. The minimum atomic E-state index is 0.0903. The third kappa shape index (κ3) is 11.4. The molecule has 10 aromatic rings. The molecule has 3 unspecified atom stereocenters. The van der Waals surface area contributed by atoms with Gasteiger partial charge in [0, 0.05) is 40.9 Å². The topological polar surface area (TPSA) is 180 Å². The van der Waals surface area contributed by atoms with Crippen molar-refractivity contribution in [1.29, 1.82) is 0 Å². The minimum absolute atomic E-state index is 0.0903. The first-order valence-corrected chi connectivity index (χ1v) is 26.8. The number of hydrogen-bond acceptors (Lipinski definition) is 17. The molecule has 13 rings (SSSR count). The fourth-order valence-corrected chi connectivity index (χ4v) is 10.2. The van der Waals surface area contributed by atoms with Crippen LogP contribution in [-0.4, -0.2) is 72.6 Å². The van der Waals surface area contributed by atoms with Crippen LogP contribution in [0.2, 0.25) is 0 Å². The van der Waals surface area contributed by atoms with Crippen LogP contribution < -0.4 is 20.7 Å². The third-order valence-electron chi connectivity index (χ3n) is 13.4. The Hall–Kier alpha value is -7.44. The molecule has 3 atom stereocenters. The summed E-state index contributed by atoms with van der Waals surface area (Å²) in [5, 5.41) is 21.9. The lowest BCUT2D eigenvalue weighted by Crippen LogP contribution is -2.38. The van der Waals surface area contributed by atoms with Crippen molar-refractivity contribution in [1.82, 2.24) is 40.0 Å². The summed E-state index contributed by atoms with van der Waals surface area (Å²) in [6, 6.07) is 36.0. The van der Waals surface area contributed by atoms with E-state index in [0.29, 0.717) is 30.9 Å². The number of rotatable bonds is 14. The van der Waals surface area contributed by atoms with Crippen molar-refractivity contribution in [3.05, 3.63) is 166 Å². The van der Waals surface area contributed by atoms with Crippen molar-refractivity contribution in [3.8, 4) is 17.2 Å². The molecule has 74 heavy (non-hydrogen) atoms. The molecule has 3 fully saturated rings. The lowest BCUT2D eigenvalue weighted by Gasteiger charge is -2.27. The zero-order valence-corrected chi connectivity index (χ0v) is 43.5. The molecule has 17 heteroatoms. The number of hydrogen-bond donors (Lipinski definition) is 3. The summed E-state index contributed by atoms with van der Waals surface area (Å²) in [7, 11) is 0. The monoisotopic (exact) mass is 1020 g/mol. The number of anilines is 3. The first kappa shape index (κ1) is 48.8. The first-order chi connectivity index (χ1) is 36.2. The van der Waals surface area contributed by atoms with E-state index in [1.54, 1.807) is 35.3 Å². The molecule has 2 saturated heterocycles. The normalized spacial score (nSPS) is 15.7. The molecule has 0 amide bonds. The average Bonchev–Trinajstić information content (AvgIpc) is 3.68. The smallest absolute Gasteiger partial charge is 0.257 e. The number of aromatic nitrogens is 8. The van der Waals surface area contributed by atoms with Crippen LogP contribution in [0.3, 0.4) is 0 Å². The predicted molar refractivity (Wildman–Crippen MR) is 293 cm³/mol. The van der Waals surface area contributed by atoms with Crippen molar-refractivity contribution in [2.24, 2.45) is 0 Å². The molecule has 6 aromatic heterocycles. The van der Waals surface area contributed by atoms with Crippen LogP contribution in [0.25, 0.3) is 42.8 Å². The second-order valence-electron chi connectivity index (χ2n) is 19.1. The van der Waals surface area contributed by atoms with Gasteiger partial charge in [0.15, 0.2) is 5.82 Å². The highest BCUT2D eigenvalue weighted by Crippen LogP contribution is 2.39. The average molecular weight is 1020 g/mol.